The molecule has 0 fully saturated rings. The Morgan fingerprint density at radius 2 is 2.08 bits per heavy atom. The minimum absolute atomic E-state index is 0.114. The SMILES string of the molecule is O=[N+]([O-])c1cccc(-c2noc(-c3cc(F)ccc3Cl)c2CO)c1. The van der Waals surface area contributed by atoms with Gasteiger partial charge in [-0.25, -0.2) is 4.39 Å². The van der Waals surface area contributed by atoms with Crippen LogP contribution in [0, 0.1) is 15.9 Å². The van der Waals surface area contributed by atoms with E-state index in [-0.39, 0.29) is 33.3 Å². The summed E-state index contributed by atoms with van der Waals surface area (Å²) in [5.74, 6) is -0.407. The Bertz CT molecular complexity index is 926. The van der Waals surface area contributed by atoms with E-state index in [1.807, 2.05) is 0 Å². The lowest BCUT2D eigenvalue weighted by Crippen LogP contribution is -1.92. The first-order valence-electron chi connectivity index (χ1n) is 6.81. The number of aliphatic hydroxyl groups excluding tert-OH is 1. The van der Waals surface area contributed by atoms with Crippen molar-refractivity contribution in [3.05, 3.63) is 69.0 Å². The van der Waals surface area contributed by atoms with Crippen LogP contribution >= 0.6 is 11.6 Å². The van der Waals surface area contributed by atoms with Gasteiger partial charge in [-0.05, 0) is 18.2 Å². The fourth-order valence-electron chi connectivity index (χ4n) is 2.33. The second kappa shape index (κ2) is 6.38. The van der Waals surface area contributed by atoms with Crippen molar-refractivity contribution in [1.82, 2.24) is 5.16 Å². The topological polar surface area (TPSA) is 89.4 Å². The van der Waals surface area contributed by atoms with E-state index in [1.165, 1.54) is 36.4 Å². The molecule has 1 aromatic heterocycles. The maximum atomic E-state index is 13.5. The first-order chi connectivity index (χ1) is 11.5. The highest BCUT2D eigenvalue weighted by atomic mass is 35.5. The minimum atomic E-state index is -0.535. The van der Waals surface area contributed by atoms with Crippen LogP contribution in [-0.2, 0) is 6.61 Å². The van der Waals surface area contributed by atoms with Gasteiger partial charge in [-0.2, -0.15) is 0 Å². The van der Waals surface area contributed by atoms with Crippen LogP contribution in [0.25, 0.3) is 22.6 Å². The molecule has 8 heteroatoms. The van der Waals surface area contributed by atoms with Gasteiger partial charge in [0.05, 0.1) is 22.1 Å². The molecule has 0 radical (unpaired) electrons. The third kappa shape index (κ3) is 2.86. The van der Waals surface area contributed by atoms with Crippen molar-refractivity contribution < 1.29 is 18.9 Å². The van der Waals surface area contributed by atoms with E-state index in [2.05, 4.69) is 5.16 Å². The van der Waals surface area contributed by atoms with Gasteiger partial charge in [0, 0.05) is 23.3 Å². The van der Waals surface area contributed by atoms with Crippen LogP contribution in [0.1, 0.15) is 5.56 Å². The summed E-state index contributed by atoms with van der Waals surface area (Å²) in [6.07, 6.45) is 0. The number of halogens is 2. The summed E-state index contributed by atoms with van der Waals surface area (Å²) in [7, 11) is 0. The number of aliphatic hydroxyl groups is 1. The summed E-state index contributed by atoms with van der Waals surface area (Å²) in [6, 6.07) is 9.48. The number of hydrogen-bond acceptors (Lipinski definition) is 5. The summed E-state index contributed by atoms with van der Waals surface area (Å²) in [4.78, 5) is 10.4. The monoisotopic (exact) mass is 348 g/mol. The molecule has 0 aliphatic carbocycles. The molecule has 3 rings (SSSR count). The minimum Gasteiger partial charge on any atom is -0.391 e. The molecule has 0 saturated heterocycles. The Morgan fingerprint density at radius 1 is 1.29 bits per heavy atom. The van der Waals surface area contributed by atoms with E-state index < -0.39 is 17.3 Å². The van der Waals surface area contributed by atoms with Crippen LogP contribution in [0.2, 0.25) is 5.02 Å². The van der Waals surface area contributed by atoms with E-state index in [4.69, 9.17) is 16.1 Å². The fraction of sp³-hybridized carbons (Fsp3) is 0.0625. The van der Waals surface area contributed by atoms with E-state index >= 15 is 0 Å². The highest BCUT2D eigenvalue weighted by molar-refractivity contribution is 6.33. The van der Waals surface area contributed by atoms with Crippen molar-refractivity contribution in [3.8, 4) is 22.6 Å². The normalized spacial score (nSPS) is 10.8. The van der Waals surface area contributed by atoms with Crippen LogP contribution in [-0.4, -0.2) is 15.2 Å². The summed E-state index contributed by atoms with van der Waals surface area (Å²) in [5.41, 5.74) is 1.02. The number of aromatic nitrogens is 1. The molecule has 0 amide bonds. The van der Waals surface area contributed by atoms with Crippen molar-refractivity contribution in [2.75, 3.05) is 0 Å². The molecule has 2 aromatic carbocycles. The van der Waals surface area contributed by atoms with Gasteiger partial charge in [-0.15, -0.1) is 0 Å². The molecular formula is C16H10ClFN2O4. The van der Waals surface area contributed by atoms with Crippen molar-refractivity contribution in [3.63, 3.8) is 0 Å². The highest BCUT2D eigenvalue weighted by Crippen LogP contribution is 2.36. The molecule has 122 valence electrons. The molecule has 1 heterocycles. The van der Waals surface area contributed by atoms with Gasteiger partial charge in [-0.1, -0.05) is 28.9 Å². The van der Waals surface area contributed by atoms with Gasteiger partial charge in [0.15, 0.2) is 5.76 Å². The number of rotatable bonds is 4. The third-order valence-electron chi connectivity index (χ3n) is 3.45. The highest BCUT2D eigenvalue weighted by Gasteiger charge is 2.21. The lowest BCUT2D eigenvalue weighted by Gasteiger charge is -2.03. The molecule has 0 spiro atoms. The quantitative estimate of drug-likeness (QED) is 0.563. The van der Waals surface area contributed by atoms with Crippen LogP contribution in [0.4, 0.5) is 10.1 Å². The van der Waals surface area contributed by atoms with Gasteiger partial charge in [0.2, 0.25) is 0 Å². The first kappa shape index (κ1) is 16.1. The number of hydrogen-bond donors (Lipinski definition) is 1. The second-order valence-electron chi connectivity index (χ2n) is 4.93. The van der Waals surface area contributed by atoms with Gasteiger partial charge in [-0.3, -0.25) is 10.1 Å². The number of nitro benzene ring substituents is 1. The second-order valence-corrected chi connectivity index (χ2v) is 5.34. The van der Waals surface area contributed by atoms with Crippen LogP contribution < -0.4 is 0 Å². The predicted molar refractivity (Wildman–Crippen MR) is 84.9 cm³/mol. The van der Waals surface area contributed by atoms with Gasteiger partial charge in [0.25, 0.3) is 5.69 Å². The number of non-ortho nitro benzene ring substituents is 1. The summed E-state index contributed by atoms with van der Waals surface area (Å²) in [5, 5.41) is 24.7. The molecular weight excluding hydrogens is 339 g/mol. The Hall–Kier alpha value is -2.77. The summed E-state index contributed by atoms with van der Waals surface area (Å²) < 4.78 is 18.7. The molecule has 0 aliphatic rings. The molecule has 24 heavy (non-hydrogen) atoms. The van der Waals surface area contributed by atoms with Gasteiger partial charge < -0.3 is 9.63 Å². The average molecular weight is 349 g/mol. The fourth-order valence-corrected chi connectivity index (χ4v) is 2.54. The molecule has 6 nitrogen and oxygen atoms in total. The Morgan fingerprint density at radius 3 is 2.79 bits per heavy atom. The molecule has 0 atom stereocenters. The van der Waals surface area contributed by atoms with Gasteiger partial charge >= 0.3 is 0 Å². The standard InChI is InChI=1S/C16H10ClFN2O4/c17-14-5-4-10(18)7-12(14)16-13(8-21)15(19-24-16)9-2-1-3-11(6-9)20(22)23/h1-7,21H,8H2. The molecule has 0 aliphatic heterocycles. The molecule has 0 unspecified atom stereocenters. The van der Waals surface area contributed by atoms with Crippen LogP contribution in [0.5, 0.6) is 0 Å². The third-order valence-corrected chi connectivity index (χ3v) is 3.78. The van der Waals surface area contributed by atoms with Crippen molar-refractivity contribution >= 4 is 17.3 Å². The maximum Gasteiger partial charge on any atom is 0.270 e. The van der Waals surface area contributed by atoms with E-state index in [0.29, 0.717) is 5.56 Å². The zero-order chi connectivity index (χ0) is 17.3. The van der Waals surface area contributed by atoms with E-state index in [0.717, 1.165) is 0 Å². The smallest absolute Gasteiger partial charge is 0.270 e. The lowest BCUT2D eigenvalue weighted by molar-refractivity contribution is -0.384. The van der Waals surface area contributed by atoms with Crippen LogP contribution in [0.15, 0.2) is 47.0 Å². The largest absolute Gasteiger partial charge is 0.391 e. The maximum absolute atomic E-state index is 13.5. The average Bonchev–Trinajstić information content (AvgIpc) is 3.00. The molecule has 1 N–H and O–H groups in total. The number of nitrogens with zero attached hydrogens (tertiary/aromatic N) is 2. The van der Waals surface area contributed by atoms with Crippen molar-refractivity contribution in [2.45, 2.75) is 6.61 Å². The van der Waals surface area contributed by atoms with Gasteiger partial charge in [0.1, 0.15) is 11.5 Å². The Labute approximate surface area is 140 Å². The van der Waals surface area contributed by atoms with Crippen LogP contribution in [0.3, 0.4) is 0 Å². The number of benzene rings is 2. The van der Waals surface area contributed by atoms with E-state index in [1.54, 1.807) is 6.07 Å². The zero-order valence-electron chi connectivity index (χ0n) is 12.1. The van der Waals surface area contributed by atoms with E-state index in [9.17, 15) is 19.6 Å². The Kier molecular flexibility index (Phi) is 4.28. The number of nitro groups is 1. The lowest BCUT2D eigenvalue weighted by atomic mass is 10.0. The molecule has 3 aromatic rings. The summed E-state index contributed by atoms with van der Waals surface area (Å²) in [6.45, 7) is -0.455. The van der Waals surface area contributed by atoms with Crippen molar-refractivity contribution in [1.29, 1.82) is 0 Å². The first-order valence-corrected chi connectivity index (χ1v) is 7.18. The predicted octanol–water partition coefficient (Wildman–Crippen LogP) is 4.20. The van der Waals surface area contributed by atoms with Crippen molar-refractivity contribution in [2.24, 2.45) is 0 Å². The Balaban J connectivity index is 2.16. The molecule has 0 saturated carbocycles. The summed E-state index contributed by atoms with van der Waals surface area (Å²) >= 11 is 6.06. The molecule has 0 bridgehead atoms. The zero-order valence-corrected chi connectivity index (χ0v) is 12.8.